The Bertz CT molecular complexity index is 241. The van der Waals surface area contributed by atoms with E-state index in [2.05, 4.69) is 5.32 Å². The van der Waals surface area contributed by atoms with E-state index in [0.717, 1.165) is 24.5 Å². The van der Waals surface area contributed by atoms with E-state index in [1.807, 2.05) is 11.8 Å². The molecule has 1 saturated carbocycles. The zero-order valence-corrected chi connectivity index (χ0v) is 10.5. The van der Waals surface area contributed by atoms with Crippen LogP contribution in [0, 0.1) is 5.92 Å². The standard InChI is InChI=1S/C12H21NO2S/c14-12(15)10-6-7-16-11(13-10)8-9-4-2-1-3-5-9/h9-11,13H,1-8H2,(H,14,15). The lowest BCUT2D eigenvalue weighted by Gasteiger charge is -2.32. The van der Waals surface area contributed by atoms with Gasteiger partial charge < -0.3 is 5.11 Å². The first-order chi connectivity index (χ1) is 7.75. The van der Waals surface area contributed by atoms with Crippen molar-refractivity contribution < 1.29 is 9.90 Å². The quantitative estimate of drug-likeness (QED) is 0.799. The van der Waals surface area contributed by atoms with Crippen LogP contribution in [0.25, 0.3) is 0 Å². The van der Waals surface area contributed by atoms with Crippen LogP contribution in [0.3, 0.4) is 0 Å². The third-order valence-corrected chi connectivity index (χ3v) is 4.89. The minimum Gasteiger partial charge on any atom is -0.480 e. The molecule has 0 amide bonds. The summed E-state index contributed by atoms with van der Waals surface area (Å²) in [5.41, 5.74) is 0. The molecule has 16 heavy (non-hydrogen) atoms. The molecule has 0 aromatic carbocycles. The molecule has 3 nitrogen and oxygen atoms in total. The monoisotopic (exact) mass is 243 g/mol. The van der Waals surface area contributed by atoms with Crippen molar-refractivity contribution in [1.82, 2.24) is 5.32 Å². The van der Waals surface area contributed by atoms with E-state index in [1.165, 1.54) is 32.1 Å². The van der Waals surface area contributed by atoms with Crippen LogP contribution in [0.4, 0.5) is 0 Å². The van der Waals surface area contributed by atoms with E-state index in [4.69, 9.17) is 5.11 Å². The van der Waals surface area contributed by atoms with Crippen LogP contribution in [-0.4, -0.2) is 28.2 Å². The fraction of sp³-hybridized carbons (Fsp3) is 0.917. The predicted octanol–water partition coefficient (Wildman–Crippen LogP) is 2.46. The average Bonchev–Trinajstić information content (AvgIpc) is 2.30. The van der Waals surface area contributed by atoms with Gasteiger partial charge in [0.2, 0.25) is 0 Å². The molecule has 0 aromatic rings. The number of hydrogen-bond acceptors (Lipinski definition) is 3. The molecule has 2 rings (SSSR count). The molecular formula is C12H21NO2S. The fourth-order valence-corrected chi connectivity index (χ4v) is 4.07. The molecule has 1 aliphatic carbocycles. The van der Waals surface area contributed by atoms with E-state index >= 15 is 0 Å². The molecule has 92 valence electrons. The van der Waals surface area contributed by atoms with Crippen LogP contribution < -0.4 is 5.32 Å². The lowest BCUT2D eigenvalue weighted by molar-refractivity contribution is -0.139. The smallest absolute Gasteiger partial charge is 0.320 e. The van der Waals surface area contributed by atoms with E-state index in [0.29, 0.717) is 5.37 Å². The van der Waals surface area contributed by atoms with E-state index in [9.17, 15) is 4.79 Å². The maximum atomic E-state index is 10.9. The van der Waals surface area contributed by atoms with Gasteiger partial charge in [-0.2, -0.15) is 0 Å². The predicted molar refractivity (Wildman–Crippen MR) is 66.6 cm³/mol. The second-order valence-corrected chi connectivity index (χ2v) is 6.26. The van der Waals surface area contributed by atoms with Gasteiger partial charge in [-0.15, -0.1) is 11.8 Å². The van der Waals surface area contributed by atoms with Crippen LogP contribution in [0.2, 0.25) is 0 Å². The Hall–Kier alpha value is -0.220. The van der Waals surface area contributed by atoms with Gasteiger partial charge in [0.05, 0.1) is 5.37 Å². The average molecular weight is 243 g/mol. The van der Waals surface area contributed by atoms with Gasteiger partial charge in [-0.05, 0) is 24.5 Å². The number of rotatable bonds is 3. The summed E-state index contributed by atoms with van der Waals surface area (Å²) in [4.78, 5) is 10.9. The summed E-state index contributed by atoms with van der Waals surface area (Å²) in [7, 11) is 0. The Morgan fingerprint density at radius 3 is 2.69 bits per heavy atom. The van der Waals surface area contributed by atoms with E-state index in [1.54, 1.807) is 0 Å². The Morgan fingerprint density at radius 2 is 2.00 bits per heavy atom. The van der Waals surface area contributed by atoms with Gasteiger partial charge in [-0.25, -0.2) is 0 Å². The first-order valence-electron chi connectivity index (χ1n) is 6.36. The molecule has 2 fully saturated rings. The zero-order chi connectivity index (χ0) is 11.4. The Balaban J connectivity index is 1.78. The summed E-state index contributed by atoms with van der Waals surface area (Å²) in [5, 5.41) is 12.6. The third kappa shape index (κ3) is 3.39. The number of nitrogens with one attached hydrogen (secondary N) is 1. The molecule has 2 unspecified atom stereocenters. The highest BCUT2D eigenvalue weighted by Gasteiger charge is 2.28. The first kappa shape index (κ1) is 12.2. The Morgan fingerprint density at radius 1 is 1.25 bits per heavy atom. The van der Waals surface area contributed by atoms with Gasteiger partial charge >= 0.3 is 5.97 Å². The molecule has 0 radical (unpaired) electrons. The molecule has 1 aliphatic heterocycles. The maximum absolute atomic E-state index is 10.9. The molecule has 0 aromatic heterocycles. The van der Waals surface area contributed by atoms with E-state index < -0.39 is 5.97 Å². The number of thioether (sulfide) groups is 1. The minimum atomic E-state index is -0.686. The summed E-state index contributed by atoms with van der Waals surface area (Å²) in [5.74, 6) is 1.13. The normalized spacial score (nSPS) is 32.5. The van der Waals surface area contributed by atoms with E-state index in [-0.39, 0.29) is 6.04 Å². The van der Waals surface area contributed by atoms with Gasteiger partial charge in [0.1, 0.15) is 6.04 Å². The third-order valence-electron chi connectivity index (χ3n) is 3.68. The van der Waals surface area contributed by atoms with Gasteiger partial charge in [0, 0.05) is 0 Å². The van der Waals surface area contributed by atoms with Crippen molar-refractivity contribution in [3.8, 4) is 0 Å². The van der Waals surface area contributed by atoms with Gasteiger partial charge in [-0.3, -0.25) is 10.1 Å². The second-order valence-electron chi connectivity index (χ2n) is 4.95. The lowest BCUT2D eigenvalue weighted by atomic mass is 9.87. The number of aliphatic carboxylic acids is 1. The van der Waals surface area contributed by atoms with Crippen molar-refractivity contribution >= 4 is 17.7 Å². The molecule has 0 spiro atoms. The second kappa shape index (κ2) is 5.92. The molecule has 2 aliphatic rings. The van der Waals surface area contributed by atoms with Gasteiger partial charge in [0.25, 0.3) is 0 Å². The maximum Gasteiger partial charge on any atom is 0.320 e. The zero-order valence-electron chi connectivity index (χ0n) is 9.65. The summed E-state index contributed by atoms with van der Waals surface area (Å²) < 4.78 is 0. The van der Waals surface area contributed by atoms with Crippen LogP contribution in [0.1, 0.15) is 44.9 Å². The molecule has 4 heteroatoms. The molecule has 2 N–H and O–H groups in total. The SMILES string of the molecule is O=C(O)C1CCSC(CC2CCCCC2)N1. The Labute approximate surface area is 101 Å². The molecular weight excluding hydrogens is 222 g/mol. The van der Waals surface area contributed by atoms with Gasteiger partial charge in [0.15, 0.2) is 0 Å². The van der Waals surface area contributed by atoms with Crippen molar-refractivity contribution in [2.24, 2.45) is 5.92 Å². The number of carbonyl (C=O) groups is 1. The van der Waals surface area contributed by atoms with Crippen molar-refractivity contribution in [2.45, 2.75) is 56.4 Å². The Kier molecular flexibility index (Phi) is 4.53. The largest absolute Gasteiger partial charge is 0.480 e. The van der Waals surface area contributed by atoms with Crippen LogP contribution in [0.5, 0.6) is 0 Å². The highest BCUT2D eigenvalue weighted by Crippen LogP contribution is 2.31. The molecule has 0 bridgehead atoms. The minimum absolute atomic E-state index is 0.310. The van der Waals surface area contributed by atoms with Gasteiger partial charge in [-0.1, -0.05) is 32.1 Å². The first-order valence-corrected chi connectivity index (χ1v) is 7.41. The summed E-state index contributed by atoms with van der Waals surface area (Å²) in [6.45, 7) is 0. The molecule has 1 saturated heterocycles. The number of carboxylic acids is 1. The highest BCUT2D eigenvalue weighted by molar-refractivity contribution is 7.99. The summed E-state index contributed by atoms with van der Waals surface area (Å²) in [6.07, 6.45) is 8.73. The van der Waals surface area contributed by atoms with Crippen molar-refractivity contribution in [3.05, 3.63) is 0 Å². The van der Waals surface area contributed by atoms with Crippen molar-refractivity contribution in [2.75, 3.05) is 5.75 Å². The summed E-state index contributed by atoms with van der Waals surface area (Å²) in [6, 6.07) is -0.310. The van der Waals surface area contributed by atoms with Crippen LogP contribution in [0.15, 0.2) is 0 Å². The van der Waals surface area contributed by atoms with Crippen molar-refractivity contribution in [3.63, 3.8) is 0 Å². The summed E-state index contributed by atoms with van der Waals surface area (Å²) >= 11 is 1.90. The topological polar surface area (TPSA) is 49.3 Å². The lowest BCUT2D eigenvalue weighted by Crippen LogP contribution is -2.46. The van der Waals surface area contributed by atoms with Crippen molar-refractivity contribution in [1.29, 1.82) is 0 Å². The molecule has 1 heterocycles. The fourth-order valence-electron chi connectivity index (χ4n) is 2.74. The highest BCUT2D eigenvalue weighted by atomic mass is 32.2. The van der Waals surface area contributed by atoms with Crippen LogP contribution in [-0.2, 0) is 4.79 Å². The number of carboxylic acid groups (broad SMARTS) is 1. The number of hydrogen-bond donors (Lipinski definition) is 2. The van der Waals surface area contributed by atoms with Crippen LogP contribution >= 0.6 is 11.8 Å². The molecule has 2 atom stereocenters.